The maximum absolute atomic E-state index is 2.42. The van der Waals surface area contributed by atoms with Crippen LogP contribution in [0, 0.1) is 5.41 Å². The second-order valence-electron chi connectivity index (χ2n) is 7.15. The number of allylic oxidation sites excluding steroid dienone is 2. The van der Waals surface area contributed by atoms with E-state index < -0.39 is 0 Å². The summed E-state index contributed by atoms with van der Waals surface area (Å²) in [6, 6.07) is 32.6. The zero-order chi connectivity index (χ0) is 17.1. The van der Waals surface area contributed by atoms with E-state index in [1.54, 1.807) is 0 Å². The molecule has 25 heavy (non-hydrogen) atoms. The van der Waals surface area contributed by atoms with E-state index in [1.165, 1.54) is 40.7 Å². The first kappa shape index (κ1) is 15.9. The van der Waals surface area contributed by atoms with E-state index in [0.29, 0.717) is 0 Å². The van der Waals surface area contributed by atoms with Gasteiger partial charge in [0.15, 0.2) is 0 Å². The summed E-state index contributed by atoms with van der Waals surface area (Å²) in [4.78, 5) is 0. The molecule has 3 aromatic carbocycles. The summed E-state index contributed by atoms with van der Waals surface area (Å²) in [7, 11) is 0. The highest BCUT2D eigenvalue weighted by Crippen LogP contribution is 2.65. The monoisotopic (exact) mass is 324 g/mol. The zero-order valence-corrected chi connectivity index (χ0v) is 14.8. The average molecular weight is 324 g/mol. The SMILES string of the molecule is CC1(CCCc2ccccc2)C(c2ccccc2)=C1c1ccccc1. The Morgan fingerprint density at radius 1 is 0.600 bits per heavy atom. The van der Waals surface area contributed by atoms with Crippen LogP contribution in [0.3, 0.4) is 0 Å². The maximum Gasteiger partial charge on any atom is 0.0193 e. The summed E-state index contributed by atoms with van der Waals surface area (Å²) in [5, 5.41) is 0. The molecule has 0 bridgehead atoms. The van der Waals surface area contributed by atoms with Crippen molar-refractivity contribution in [2.24, 2.45) is 5.41 Å². The summed E-state index contributed by atoms with van der Waals surface area (Å²) >= 11 is 0. The predicted molar refractivity (Wildman–Crippen MR) is 107 cm³/mol. The lowest BCUT2D eigenvalue weighted by Crippen LogP contribution is -2.03. The maximum atomic E-state index is 2.42. The standard InChI is InChI=1S/C25H24/c1-25(19-11-14-20-12-5-2-6-13-20)23(21-15-7-3-8-16-21)24(25)22-17-9-4-10-18-22/h2-10,12-13,15-18H,11,14,19H2,1H3. The van der Waals surface area contributed by atoms with E-state index in [0.717, 1.165) is 6.42 Å². The van der Waals surface area contributed by atoms with Crippen molar-refractivity contribution in [3.05, 3.63) is 108 Å². The van der Waals surface area contributed by atoms with Crippen molar-refractivity contribution in [3.8, 4) is 0 Å². The molecule has 0 aliphatic heterocycles. The van der Waals surface area contributed by atoms with Crippen LogP contribution in [0.2, 0.25) is 0 Å². The molecule has 0 saturated carbocycles. The minimum atomic E-state index is 0.206. The number of hydrogen-bond acceptors (Lipinski definition) is 0. The van der Waals surface area contributed by atoms with E-state index >= 15 is 0 Å². The van der Waals surface area contributed by atoms with Crippen molar-refractivity contribution in [1.82, 2.24) is 0 Å². The van der Waals surface area contributed by atoms with Crippen LogP contribution in [0.4, 0.5) is 0 Å². The molecule has 0 atom stereocenters. The van der Waals surface area contributed by atoms with E-state index in [2.05, 4.69) is 97.9 Å². The lowest BCUT2D eigenvalue weighted by atomic mass is 9.88. The van der Waals surface area contributed by atoms with E-state index in [9.17, 15) is 0 Å². The third kappa shape index (κ3) is 3.17. The van der Waals surface area contributed by atoms with E-state index in [4.69, 9.17) is 0 Å². The van der Waals surface area contributed by atoms with Crippen LogP contribution >= 0.6 is 0 Å². The second-order valence-corrected chi connectivity index (χ2v) is 7.15. The van der Waals surface area contributed by atoms with Gasteiger partial charge >= 0.3 is 0 Å². The molecule has 0 nitrogen and oxygen atoms in total. The average Bonchev–Trinajstić information content (AvgIpc) is 3.29. The zero-order valence-electron chi connectivity index (χ0n) is 14.8. The minimum Gasteiger partial charge on any atom is -0.0622 e. The lowest BCUT2D eigenvalue weighted by molar-refractivity contribution is 0.562. The summed E-state index contributed by atoms with van der Waals surface area (Å²) in [6.07, 6.45) is 3.57. The van der Waals surface area contributed by atoms with E-state index in [1.807, 2.05) is 0 Å². The van der Waals surface area contributed by atoms with Gasteiger partial charge in [-0.1, -0.05) is 97.9 Å². The fourth-order valence-electron chi connectivity index (χ4n) is 4.09. The molecule has 0 spiro atoms. The number of hydrogen-bond donors (Lipinski definition) is 0. The van der Waals surface area contributed by atoms with Crippen LogP contribution in [0.15, 0.2) is 91.0 Å². The molecule has 0 fully saturated rings. The molecule has 124 valence electrons. The van der Waals surface area contributed by atoms with Gasteiger partial charge in [-0.3, -0.25) is 0 Å². The Morgan fingerprint density at radius 3 is 1.52 bits per heavy atom. The minimum absolute atomic E-state index is 0.206. The molecule has 0 heterocycles. The Balaban J connectivity index is 1.56. The molecular weight excluding hydrogens is 300 g/mol. The third-order valence-corrected chi connectivity index (χ3v) is 5.40. The topological polar surface area (TPSA) is 0 Å². The van der Waals surface area contributed by atoms with Crippen molar-refractivity contribution in [2.75, 3.05) is 0 Å². The molecule has 0 amide bonds. The molecule has 4 rings (SSSR count). The molecular formula is C25H24. The molecule has 1 aliphatic rings. The first-order valence-electron chi connectivity index (χ1n) is 9.19. The number of rotatable bonds is 6. The van der Waals surface area contributed by atoms with Crippen LogP contribution in [-0.2, 0) is 6.42 Å². The normalized spacial score (nSPS) is 15.2. The van der Waals surface area contributed by atoms with Gasteiger partial charge in [-0.25, -0.2) is 0 Å². The van der Waals surface area contributed by atoms with Gasteiger partial charge in [0.05, 0.1) is 0 Å². The Bertz CT molecular complexity index is 808. The molecule has 0 unspecified atom stereocenters. The van der Waals surface area contributed by atoms with Crippen LogP contribution < -0.4 is 0 Å². The third-order valence-electron chi connectivity index (χ3n) is 5.40. The summed E-state index contributed by atoms with van der Waals surface area (Å²) in [5.74, 6) is 0. The van der Waals surface area contributed by atoms with Crippen molar-refractivity contribution >= 4 is 11.1 Å². The van der Waals surface area contributed by atoms with Crippen molar-refractivity contribution in [1.29, 1.82) is 0 Å². The highest BCUT2D eigenvalue weighted by molar-refractivity contribution is 6.14. The highest BCUT2D eigenvalue weighted by Gasteiger charge is 2.49. The van der Waals surface area contributed by atoms with Crippen molar-refractivity contribution < 1.29 is 0 Å². The molecule has 0 radical (unpaired) electrons. The Morgan fingerprint density at radius 2 is 1.04 bits per heavy atom. The fourth-order valence-corrected chi connectivity index (χ4v) is 4.09. The fraction of sp³-hybridized carbons (Fsp3) is 0.200. The Labute approximate surface area is 150 Å². The first-order chi connectivity index (χ1) is 12.3. The number of aryl methyl sites for hydroxylation is 1. The van der Waals surface area contributed by atoms with Gasteiger partial charge in [0.25, 0.3) is 0 Å². The Hall–Kier alpha value is -2.60. The number of benzene rings is 3. The summed E-state index contributed by atoms with van der Waals surface area (Å²) < 4.78 is 0. The molecule has 0 heteroatoms. The van der Waals surface area contributed by atoms with Gasteiger partial charge in [-0.2, -0.15) is 0 Å². The van der Waals surface area contributed by atoms with Gasteiger partial charge in [0.2, 0.25) is 0 Å². The van der Waals surface area contributed by atoms with Crippen LogP contribution in [0.1, 0.15) is 36.5 Å². The molecule has 0 saturated heterocycles. The van der Waals surface area contributed by atoms with E-state index in [-0.39, 0.29) is 5.41 Å². The van der Waals surface area contributed by atoms with Gasteiger partial charge < -0.3 is 0 Å². The van der Waals surface area contributed by atoms with Gasteiger partial charge in [-0.15, -0.1) is 0 Å². The van der Waals surface area contributed by atoms with Crippen molar-refractivity contribution in [2.45, 2.75) is 26.2 Å². The Kier molecular flexibility index (Phi) is 4.28. The first-order valence-corrected chi connectivity index (χ1v) is 9.19. The molecule has 0 N–H and O–H groups in total. The predicted octanol–water partition coefficient (Wildman–Crippen LogP) is 6.64. The van der Waals surface area contributed by atoms with Gasteiger partial charge in [0, 0.05) is 5.41 Å². The van der Waals surface area contributed by atoms with Gasteiger partial charge in [-0.05, 0) is 47.1 Å². The smallest absolute Gasteiger partial charge is 0.0193 e. The van der Waals surface area contributed by atoms with Crippen LogP contribution in [0.5, 0.6) is 0 Å². The summed E-state index contributed by atoms with van der Waals surface area (Å²) in [5.41, 5.74) is 7.47. The molecule has 1 aliphatic carbocycles. The highest BCUT2D eigenvalue weighted by atomic mass is 14.5. The van der Waals surface area contributed by atoms with Crippen LogP contribution in [-0.4, -0.2) is 0 Å². The molecule has 0 aromatic heterocycles. The quantitative estimate of drug-likeness (QED) is 0.477. The second kappa shape index (κ2) is 6.72. The van der Waals surface area contributed by atoms with Gasteiger partial charge in [0.1, 0.15) is 0 Å². The largest absolute Gasteiger partial charge is 0.0622 e. The lowest BCUT2D eigenvalue weighted by Gasteiger charge is -2.15. The van der Waals surface area contributed by atoms with Crippen LogP contribution in [0.25, 0.3) is 11.1 Å². The molecule has 3 aromatic rings. The van der Waals surface area contributed by atoms with Crippen molar-refractivity contribution in [3.63, 3.8) is 0 Å². The summed E-state index contributed by atoms with van der Waals surface area (Å²) in [6.45, 7) is 2.42.